The quantitative estimate of drug-likeness (QED) is 0.643. The van der Waals surface area contributed by atoms with E-state index in [1.54, 1.807) is 0 Å². The standard InChI is InChI=1S/C18H20/c1-13-14(2)18-9-7-16-5-3-4-15(12-16)6-8-17(13)10-11-18/h3-5,10-12H,6-9H2,1-2H3. The lowest BCUT2D eigenvalue weighted by atomic mass is 9.93. The first-order valence-corrected chi connectivity index (χ1v) is 6.90. The SMILES string of the molecule is Cc1c2ccc(c1C)CCc1cccc(c1)CC2. The first kappa shape index (κ1) is 11.5. The minimum Gasteiger partial charge on any atom is -0.0617 e. The summed E-state index contributed by atoms with van der Waals surface area (Å²) in [7, 11) is 0. The molecule has 92 valence electrons. The van der Waals surface area contributed by atoms with Crippen LogP contribution in [-0.2, 0) is 25.7 Å². The molecule has 2 aliphatic carbocycles. The van der Waals surface area contributed by atoms with Crippen LogP contribution in [0.2, 0.25) is 0 Å². The summed E-state index contributed by atoms with van der Waals surface area (Å²) in [6, 6.07) is 13.8. The summed E-state index contributed by atoms with van der Waals surface area (Å²) in [5, 5.41) is 0. The summed E-state index contributed by atoms with van der Waals surface area (Å²) >= 11 is 0. The fraction of sp³-hybridized carbons (Fsp3) is 0.333. The van der Waals surface area contributed by atoms with Gasteiger partial charge in [-0.15, -0.1) is 0 Å². The van der Waals surface area contributed by atoms with Crippen LogP contribution >= 0.6 is 0 Å². The van der Waals surface area contributed by atoms with Crippen LogP contribution in [0.5, 0.6) is 0 Å². The van der Waals surface area contributed by atoms with Gasteiger partial charge in [0.25, 0.3) is 0 Å². The lowest BCUT2D eigenvalue weighted by molar-refractivity contribution is 0.941. The van der Waals surface area contributed by atoms with Gasteiger partial charge >= 0.3 is 0 Å². The molecule has 0 heteroatoms. The van der Waals surface area contributed by atoms with Crippen molar-refractivity contribution in [3.05, 3.63) is 69.8 Å². The molecule has 0 spiro atoms. The normalized spacial score (nSPS) is 14.3. The Labute approximate surface area is 110 Å². The molecule has 0 radical (unpaired) electrons. The summed E-state index contributed by atoms with van der Waals surface area (Å²) in [5.74, 6) is 0. The van der Waals surface area contributed by atoms with Crippen LogP contribution in [0.4, 0.5) is 0 Å². The van der Waals surface area contributed by atoms with Crippen molar-refractivity contribution in [1.82, 2.24) is 0 Å². The highest BCUT2D eigenvalue weighted by atomic mass is 14.1. The fourth-order valence-corrected chi connectivity index (χ4v) is 2.97. The summed E-state index contributed by atoms with van der Waals surface area (Å²) in [6.45, 7) is 4.56. The van der Waals surface area contributed by atoms with Crippen LogP contribution in [0.25, 0.3) is 0 Å². The Balaban J connectivity index is 2.07. The number of benzene rings is 2. The van der Waals surface area contributed by atoms with Gasteiger partial charge in [0.15, 0.2) is 0 Å². The molecular weight excluding hydrogens is 216 g/mol. The average molecular weight is 236 g/mol. The molecule has 4 bridgehead atoms. The Morgan fingerprint density at radius 3 is 1.67 bits per heavy atom. The minimum absolute atomic E-state index is 1.16. The van der Waals surface area contributed by atoms with E-state index in [9.17, 15) is 0 Å². The van der Waals surface area contributed by atoms with Crippen molar-refractivity contribution in [2.24, 2.45) is 0 Å². The van der Waals surface area contributed by atoms with E-state index < -0.39 is 0 Å². The maximum atomic E-state index is 2.39. The summed E-state index contributed by atoms with van der Waals surface area (Å²) in [5.41, 5.74) is 9.00. The zero-order valence-electron chi connectivity index (χ0n) is 11.3. The van der Waals surface area contributed by atoms with Crippen molar-refractivity contribution in [3.8, 4) is 0 Å². The highest BCUT2D eigenvalue weighted by Crippen LogP contribution is 2.23. The Morgan fingerprint density at radius 2 is 1.17 bits per heavy atom. The zero-order valence-corrected chi connectivity index (χ0v) is 11.3. The number of hydrogen-bond acceptors (Lipinski definition) is 0. The Kier molecular flexibility index (Phi) is 2.95. The monoisotopic (exact) mass is 236 g/mol. The molecule has 4 rings (SSSR count). The molecule has 18 heavy (non-hydrogen) atoms. The Bertz CT molecular complexity index is 530. The molecule has 0 heterocycles. The lowest BCUT2D eigenvalue weighted by Crippen LogP contribution is -1.99. The molecule has 0 saturated carbocycles. The van der Waals surface area contributed by atoms with Gasteiger partial charge in [0.2, 0.25) is 0 Å². The Hall–Kier alpha value is -1.56. The molecule has 2 aromatic carbocycles. The predicted molar refractivity (Wildman–Crippen MR) is 77.2 cm³/mol. The van der Waals surface area contributed by atoms with E-state index in [1.165, 1.54) is 33.4 Å². The third-order valence-corrected chi connectivity index (χ3v) is 4.37. The highest BCUT2D eigenvalue weighted by Gasteiger charge is 2.09. The van der Waals surface area contributed by atoms with Crippen LogP contribution in [0, 0.1) is 13.8 Å². The average Bonchev–Trinajstić information content (AvgIpc) is 2.42. The van der Waals surface area contributed by atoms with Gasteiger partial charge < -0.3 is 0 Å². The van der Waals surface area contributed by atoms with E-state index >= 15 is 0 Å². The molecule has 0 unspecified atom stereocenters. The van der Waals surface area contributed by atoms with Crippen molar-refractivity contribution in [1.29, 1.82) is 0 Å². The maximum Gasteiger partial charge on any atom is -0.0236 e. The van der Waals surface area contributed by atoms with Gasteiger partial charge in [-0.2, -0.15) is 0 Å². The van der Waals surface area contributed by atoms with Gasteiger partial charge in [-0.3, -0.25) is 0 Å². The van der Waals surface area contributed by atoms with Crippen molar-refractivity contribution in [3.63, 3.8) is 0 Å². The number of hydrogen-bond donors (Lipinski definition) is 0. The van der Waals surface area contributed by atoms with Gasteiger partial charge in [-0.1, -0.05) is 36.4 Å². The molecule has 0 amide bonds. The van der Waals surface area contributed by atoms with Crippen molar-refractivity contribution in [2.45, 2.75) is 39.5 Å². The Morgan fingerprint density at radius 1 is 0.667 bits per heavy atom. The summed E-state index contributed by atoms with van der Waals surface area (Å²) in [6.07, 6.45) is 4.65. The molecule has 2 aliphatic rings. The second-order valence-electron chi connectivity index (χ2n) is 5.45. The summed E-state index contributed by atoms with van der Waals surface area (Å²) in [4.78, 5) is 0. The third-order valence-electron chi connectivity index (χ3n) is 4.37. The fourth-order valence-electron chi connectivity index (χ4n) is 2.97. The highest BCUT2D eigenvalue weighted by molar-refractivity contribution is 5.41. The van der Waals surface area contributed by atoms with Crippen LogP contribution in [0.1, 0.15) is 33.4 Å². The third kappa shape index (κ3) is 2.08. The van der Waals surface area contributed by atoms with Crippen molar-refractivity contribution >= 4 is 0 Å². The minimum atomic E-state index is 1.16. The molecule has 0 saturated heterocycles. The van der Waals surface area contributed by atoms with Gasteiger partial charge in [-0.25, -0.2) is 0 Å². The van der Waals surface area contributed by atoms with Crippen LogP contribution < -0.4 is 0 Å². The first-order chi connectivity index (χ1) is 8.74. The molecule has 2 aromatic rings. The maximum absolute atomic E-state index is 2.39. The molecule has 0 nitrogen and oxygen atoms in total. The van der Waals surface area contributed by atoms with Crippen molar-refractivity contribution in [2.75, 3.05) is 0 Å². The van der Waals surface area contributed by atoms with Crippen LogP contribution in [0.3, 0.4) is 0 Å². The molecular formula is C18H20. The molecule has 0 atom stereocenters. The largest absolute Gasteiger partial charge is 0.0617 e. The van der Waals surface area contributed by atoms with E-state index in [-0.39, 0.29) is 0 Å². The van der Waals surface area contributed by atoms with Crippen LogP contribution in [0.15, 0.2) is 36.4 Å². The number of fused-ring (bicyclic) bond motifs is 4. The lowest BCUT2D eigenvalue weighted by Gasteiger charge is -2.12. The first-order valence-electron chi connectivity index (χ1n) is 6.90. The topological polar surface area (TPSA) is 0 Å². The summed E-state index contributed by atoms with van der Waals surface area (Å²) < 4.78 is 0. The molecule has 0 aromatic heterocycles. The predicted octanol–water partition coefficient (Wildman–Crippen LogP) is 4.19. The van der Waals surface area contributed by atoms with Gasteiger partial charge in [0.1, 0.15) is 0 Å². The number of rotatable bonds is 0. The van der Waals surface area contributed by atoms with E-state index in [2.05, 4.69) is 50.2 Å². The van der Waals surface area contributed by atoms with E-state index in [4.69, 9.17) is 0 Å². The zero-order chi connectivity index (χ0) is 12.5. The van der Waals surface area contributed by atoms with Gasteiger partial charge in [-0.05, 0) is 72.9 Å². The van der Waals surface area contributed by atoms with E-state index in [1.807, 2.05) is 0 Å². The van der Waals surface area contributed by atoms with Crippen molar-refractivity contribution < 1.29 is 0 Å². The molecule has 0 fully saturated rings. The van der Waals surface area contributed by atoms with Gasteiger partial charge in [0.05, 0.1) is 0 Å². The van der Waals surface area contributed by atoms with Crippen LogP contribution in [-0.4, -0.2) is 0 Å². The molecule has 0 aliphatic heterocycles. The second-order valence-corrected chi connectivity index (χ2v) is 5.45. The van der Waals surface area contributed by atoms with E-state index in [0.717, 1.165) is 25.7 Å². The second kappa shape index (κ2) is 4.61. The smallest absolute Gasteiger partial charge is 0.0236 e. The number of aryl methyl sites for hydroxylation is 4. The molecule has 0 N–H and O–H groups in total. The van der Waals surface area contributed by atoms with Gasteiger partial charge in [0, 0.05) is 0 Å². The van der Waals surface area contributed by atoms with E-state index in [0.29, 0.717) is 0 Å².